The minimum absolute atomic E-state index is 0.0930. The monoisotopic (exact) mass is 185 g/mol. The fourth-order valence-electron chi connectivity index (χ4n) is 1.53. The molecular formula is C9H15NO3. The third-order valence-electron chi connectivity index (χ3n) is 2.95. The molecular weight excluding hydrogens is 170 g/mol. The first-order valence-electron chi connectivity index (χ1n) is 4.29. The van der Waals surface area contributed by atoms with E-state index in [0.29, 0.717) is 0 Å². The Morgan fingerprint density at radius 1 is 1.62 bits per heavy atom. The summed E-state index contributed by atoms with van der Waals surface area (Å²) in [5, 5.41) is 0. The fourth-order valence-corrected chi connectivity index (χ4v) is 1.53. The molecule has 0 radical (unpaired) electrons. The van der Waals surface area contributed by atoms with Gasteiger partial charge in [0.1, 0.15) is 0 Å². The molecule has 0 aromatic carbocycles. The number of ketones is 1. The molecule has 1 rings (SSSR count). The molecule has 4 nitrogen and oxygen atoms in total. The second kappa shape index (κ2) is 3.01. The Morgan fingerprint density at radius 3 is 2.46 bits per heavy atom. The SMILES string of the molecule is COC(=O)N1CC(=O)C(C)C1(C)C. The van der Waals surface area contributed by atoms with Gasteiger partial charge in [0, 0.05) is 5.92 Å². The maximum Gasteiger partial charge on any atom is 0.410 e. The molecule has 1 heterocycles. The molecule has 1 amide bonds. The van der Waals surface area contributed by atoms with Crippen molar-refractivity contribution < 1.29 is 14.3 Å². The van der Waals surface area contributed by atoms with E-state index in [1.165, 1.54) is 12.0 Å². The highest BCUT2D eigenvalue weighted by Gasteiger charge is 2.47. The van der Waals surface area contributed by atoms with Gasteiger partial charge in [-0.2, -0.15) is 0 Å². The van der Waals surface area contributed by atoms with Crippen molar-refractivity contribution in [2.45, 2.75) is 26.3 Å². The summed E-state index contributed by atoms with van der Waals surface area (Å²) in [5.74, 6) is -0.0259. The number of nitrogens with zero attached hydrogens (tertiary/aromatic N) is 1. The van der Waals surface area contributed by atoms with E-state index in [2.05, 4.69) is 4.74 Å². The first kappa shape index (κ1) is 10.0. The molecule has 0 aromatic heterocycles. The number of amides is 1. The first-order chi connectivity index (χ1) is 5.91. The molecule has 13 heavy (non-hydrogen) atoms. The van der Waals surface area contributed by atoms with E-state index in [-0.39, 0.29) is 18.2 Å². The third-order valence-corrected chi connectivity index (χ3v) is 2.95. The van der Waals surface area contributed by atoms with E-state index in [9.17, 15) is 9.59 Å². The van der Waals surface area contributed by atoms with Gasteiger partial charge in [0.25, 0.3) is 0 Å². The fraction of sp³-hybridized carbons (Fsp3) is 0.778. The number of rotatable bonds is 0. The highest BCUT2D eigenvalue weighted by Crippen LogP contribution is 2.31. The minimum Gasteiger partial charge on any atom is -0.453 e. The zero-order valence-corrected chi connectivity index (χ0v) is 8.46. The maximum atomic E-state index is 11.4. The van der Waals surface area contributed by atoms with Crippen molar-refractivity contribution in [1.82, 2.24) is 4.90 Å². The van der Waals surface area contributed by atoms with Crippen LogP contribution in [0.4, 0.5) is 4.79 Å². The number of likely N-dealkylation sites (tertiary alicyclic amines) is 1. The van der Waals surface area contributed by atoms with Gasteiger partial charge in [-0.3, -0.25) is 9.69 Å². The lowest BCUT2D eigenvalue weighted by atomic mass is 9.90. The van der Waals surface area contributed by atoms with Crippen molar-refractivity contribution in [3.63, 3.8) is 0 Å². The molecule has 0 bridgehead atoms. The number of hydrogen-bond donors (Lipinski definition) is 0. The summed E-state index contributed by atoms with van der Waals surface area (Å²) in [7, 11) is 1.33. The van der Waals surface area contributed by atoms with Crippen LogP contribution in [0.5, 0.6) is 0 Å². The van der Waals surface area contributed by atoms with Crippen LogP contribution in [-0.4, -0.2) is 36.0 Å². The Morgan fingerprint density at radius 2 is 2.15 bits per heavy atom. The standard InChI is InChI=1S/C9H15NO3/c1-6-7(11)5-10(8(12)13-4)9(6,2)3/h6H,5H2,1-4H3. The Labute approximate surface area is 77.8 Å². The number of carbonyl (C=O) groups excluding carboxylic acids is 2. The van der Waals surface area contributed by atoms with Crippen molar-refractivity contribution in [3.8, 4) is 0 Å². The van der Waals surface area contributed by atoms with Crippen LogP contribution < -0.4 is 0 Å². The minimum atomic E-state index is -0.428. The van der Waals surface area contributed by atoms with Gasteiger partial charge < -0.3 is 4.74 Å². The Balaban J connectivity index is 2.90. The van der Waals surface area contributed by atoms with E-state index in [1.54, 1.807) is 0 Å². The molecule has 0 N–H and O–H groups in total. The Bertz CT molecular complexity index is 247. The van der Waals surface area contributed by atoms with Crippen LogP contribution in [-0.2, 0) is 9.53 Å². The van der Waals surface area contributed by atoms with Crippen LogP contribution in [0.15, 0.2) is 0 Å². The van der Waals surface area contributed by atoms with Gasteiger partial charge >= 0.3 is 6.09 Å². The van der Waals surface area contributed by atoms with E-state index in [1.807, 2.05) is 20.8 Å². The van der Waals surface area contributed by atoms with Gasteiger partial charge in [0.15, 0.2) is 5.78 Å². The number of Topliss-reactive ketones (excluding diaryl/α,β-unsaturated/α-hetero) is 1. The van der Waals surface area contributed by atoms with Gasteiger partial charge in [0.2, 0.25) is 0 Å². The highest BCUT2D eigenvalue weighted by molar-refractivity contribution is 5.90. The van der Waals surface area contributed by atoms with Crippen LogP contribution in [0, 0.1) is 5.92 Å². The molecule has 0 aliphatic carbocycles. The third kappa shape index (κ3) is 1.41. The lowest BCUT2D eigenvalue weighted by molar-refractivity contribution is -0.119. The largest absolute Gasteiger partial charge is 0.453 e. The number of ether oxygens (including phenoxy) is 1. The van der Waals surface area contributed by atoms with Gasteiger partial charge in [-0.15, -0.1) is 0 Å². The molecule has 0 aromatic rings. The molecule has 4 heteroatoms. The van der Waals surface area contributed by atoms with Gasteiger partial charge in [-0.25, -0.2) is 4.79 Å². The summed E-state index contributed by atoms with van der Waals surface area (Å²) in [6, 6.07) is 0. The van der Waals surface area contributed by atoms with E-state index in [0.717, 1.165) is 0 Å². The van der Waals surface area contributed by atoms with Crippen LogP contribution in [0.3, 0.4) is 0 Å². The smallest absolute Gasteiger partial charge is 0.410 e. The summed E-state index contributed by atoms with van der Waals surface area (Å²) >= 11 is 0. The van der Waals surface area contributed by atoms with Gasteiger partial charge in [-0.05, 0) is 13.8 Å². The van der Waals surface area contributed by atoms with Gasteiger partial charge in [-0.1, -0.05) is 6.92 Å². The summed E-state index contributed by atoms with van der Waals surface area (Å²) in [5.41, 5.74) is -0.426. The predicted octanol–water partition coefficient (Wildman–Crippen LogP) is 1.05. The molecule has 1 saturated heterocycles. The Kier molecular flexibility index (Phi) is 2.32. The molecule has 1 fully saturated rings. The normalized spacial score (nSPS) is 26.3. The van der Waals surface area contributed by atoms with Crippen molar-refractivity contribution in [1.29, 1.82) is 0 Å². The highest BCUT2D eigenvalue weighted by atomic mass is 16.5. The summed E-state index contributed by atoms with van der Waals surface area (Å²) in [6.45, 7) is 5.76. The summed E-state index contributed by atoms with van der Waals surface area (Å²) in [4.78, 5) is 24.1. The van der Waals surface area contributed by atoms with Gasteiger partial charge in [0.05, 0.1) is 19.2 Å². The van der Waals surface area contributed by atoms with E-state index >= 15 is 0 Å². The van der Waals surface area contributed by atoms with Crippen molar-refractivity contribution in [3.05, 3.63) is 0 Å². The summed E-state index contributed by atoms with van der Waals surface area (Å²) in [6.07, 6.45) is -0.428. The Hall–Kier alpha value is -1.06. The zero-order chi connectivity index (χ0) is 10.2. The first-order valence-corrected chi connectivity index (χ1v) is 4.29. The lowest BCUT2D eigenvalue weighted by Gasteiger charge is -2.32. The number of hydrogen-bond acceptors (Lipinski definition) is 3. The average Bonchev–Trinajstić information content (AvgIpc) is 2.28. The summed E-state index contributed by atoms with van der Waals surface area (Å²) < 4.78 is 4.60. The second-order valence-electron chi connectivity index (χ2n) is 3.90. The molecule has 0 saturated carbocycles. The lowest BCUT2D eigenvalue weighted by Crippen LogP contribution is -2.45. The topological polar surface area (TPSA) is 46.6 Å². The number of methoxy groups -OCH3 is 1. The quantitative estimate of drug-likeness (QED) is 0.566. The predicted molar refractivity (Wildman–Crippen MR) is 47.4 cm³/mol. The van der Waals surface area contributed by atoms with Crippen LogP contribution in [0.1, 0.15) is 20.8 Å². The zero-order valence-electron chi connectivity index (χ0n) is 8.46. The van der Waals surface area contributed by atoms with Crippen LogP contribution >= 0.6 is 0 Å². The van der Waals surface area contributed by atoms with E-state index < -0.39 is 11.6 Å². The molecule has 1 atom stereocenters. The molecule has 1 aliphatic heterocycles. The van der Waals surface area contributed by atoms with Crippen molar-refractivity contribution in [2.75, 3.05) is 13.7 Å². The van der Waals surface area contributed by atoms with Crippen molar-refractivity contribution in [2.24, 2.45) is 5.92 Å². The second-order valence-corrected chi connectivity index (χ2v) is 3.90. The molecule has 74 valence electrons. The van der Waals surface area contributed by atoms with Crippen LogP contribution in [0.25, 0.3) is 0 Å². The molecule has 0 spiro atoms. The average molecular weight is 185 g/mol. The number of carbonyl (C=O) groups is 2. The van der Waals surface area contributed by atoms with Crippen LogP contribution in [0.2, 0.25) is 0 Å². The van der Waals surface area contributed by atoms with E-state index in [4.69, 9.17) is 0 Å². The maximum absolute atomic E-state index is 11.4. The molecule has 1 unspecified atom stereocenters. The molecule has 1 aliphatic rings. The van der Waals surface area contributed by atoms with Crippen molar-refractivity contribution >= 4 is 11.9 Å².